The summed E-state index contributed by atoms with van der Waals surface area (Å²) >= 11 is 0. The van der Waals surface area contributed by atoms with Gasteiger partial charge in [0.25, 0.3) is 0 Å². The topological polar surface area (TPSA) is 59.6 Å². The van der Waals surface area contributed by atoms with Gasteiger partial charge in [0, 0.05) is 17.7 Å². The lowest BCUT2D eigenvalue weighted by atomic mass is 9.78. The molecule has 0 saturated carbocycles. The van der Waals surface area contributed by atoms with Crippen molar-refractivity contribution in [3.05, 3.63) is 94.7 Å². The largest absolute Gasteiger partial charge is 0.493 e. The second-order valence-corrected chi connectivity index (χ2v) is 8.87. The number of para-hydroxylation sites is 2. The molecule has 0 amide bonds. The van der Waals surface area contributed by atoms with Crippen molar-refractivity contribution in [2.24, 2.45) is 0 Å². The van der Waals surface area contributed by atoms with E-state index in [1.54, 1.807) is 38.5 Å². The van der Waals surface area contributed by atoms with Crippen LogP contribution in [0.3, 0.4) is 0 Å². The Morgan fingerprint density at radius 3 is 2.28 bits per heavy atom. The van der Waals surface area contributed by atoms with Crippen LogP contribution in [-0.4, -0.2) is 20.0 Å². The molecule has 0 spiro atoms. The molecule has 0 saturated heterocycles. The minimum atomic E-state index is -4.56. The van der Waals surface area contributed by atoms with Crippen molar-refractivity contribution in [2.75, 3.05) is 24.9 Å². The van der Waals surface area contributed by atoms with Gasteiger partial charge >= 0.3 is 6.18 Å². The number of hydrogen-bond acceptors (Lipinski definition) is 5. The quantitative estimate of drug-likeness (QED) is 0.423. The number of nitrogens with one attached hydrogen (secondary N) is 2. The van der Waals surface area contributed by atoms with Crippen LogP contribution >= 0.6 is 0 Å². The zero-order chi connectivity index (χ0) is 25.4. The Labute approximate surface area is 206 Å². The number of ether oxygens (including phenoxy) is 2. The summed E-state index contributed by atoms with van der Waals surface area (Å²) < 4.78 is 52.7. The van der Waals surface area contributed by atoms with Crippen LogP contribution in [0.2, 0.25) is 0 Å². The van der Waals surface area contributed by atoms with Gasteiger partial charge in [0.1, 0.15) is 0 Å². The van der Waals surface area contributed by atoms with E-state index in [1.165, 1.54) is 12.1 Å². The SMILES string of the molecule is COc1ccc([C@@H]2CC(=O)C3=C(C2)Nc2ccccc2N[C@H]3c2ccccc2C(F)(F)F)cc1OC. The van der Waals surface area contributed by atoms with Crippen LogP contribution in [0.5, 0.6) is 11.5 Å². The van der Waals surface area contributed by atoms with Crippen molar-refractivity contribution in [2.45, 2.75) is 31.0 Å². The molecule has 3 aromatic carbocycles. The Kier molecular flexibility index (Phi) is 6.12. The van der Waals surface area contributed by atoms with Gasteiger partial charge in [0.15, 0.2) is 17.3 Å². The maximum atomic E-state index is 14.0. The summed E-state index contributed by atoms with van der Waals surface area (Å²) in [4.78, 5) is 13.7. The number of rotatable bonds is 4. The minimum Gasteiger partial charge on any atom is -0.493 e. The third kappa shape index (κ3) is 4.27. The van der Waals surface area contributed by atoms with Gasteiger partial charge in [0.05, 0.1) is 37.2 Å². The summed E-state index contributed by atoms with van der Waals surface area (Å²) in [5.74, 6) is 0.760. The summed E-state index contributed by atoms with van der Waals surface area (Å²) in [7, 11) is 3.10. The van der Waals surface area contributed by atoms with Crippen LogP contribution in [0, 0.1) is 0 Å². The van der Waals surface area contributed by atoms with Gasteiger partial charge in [-0.3, -0.25) is 4.79 Å². The smallest absolute Gasteiger partial charge is 0.416 e. The van der Waals surface area contributed by atoms with Crippen LogP contribution in [0.4, 0.5) is 24.5 Å². The first-order valence-electron chi connectivity index (χ1n) is 11.6. The number of halogens is 3. The monoisotopic (exact) mass is 494 g/mol. The summed E-state index contributed by atoms with van der Waals surface area (Å²) in [5.41, 5.74) is 2.44. The number of hydrogen-bond donors (Lipinski definition) is 2. The van der Waals surface area contributed by atoms with E-state index >= 15 is 0 Å². The molecule has 0 fully saturated rings. The van der Waals surface area contributed by atoms with Crippen LogP contribution < -0.4 is 20.1 Å². The lowest BCUT2D eigenvalue weighted by Gasteiger charge is -2.31. The van der Waals surface area contributed by atoms with Crippen molar-refractivity contribution in [3.63, 3.8) is 0 Å². The molecule has 2 aliphatic rings. The maximum absolute atomic E-state index is 14.0. The molecule has 0 radical (unpaired) electrons. The molecule has 36 heavy (non-hydrogen) atoms. The third-order valence-electron chi connectivity index (χ3n) is 6.77. The molecule has 8 heteroatoms. The lowest BCUT2D eigenvalue weighted by molar-refractivity contribution is -0.138. The average Bonchev–Trinajstić information content (AvgIpc) is 3.04. The zero-order valence-electron chi connectivity index (χ0n) is 19.8. The predicted molar refractivity (Wildman–Crippen MR) is 131 cm³/mol. The fraction of sp³-hybridized carbons (Fsp3) is 0.250. The van der Waals surface area contributed by atoms with Gasteiger partial charge in [-0.15, -0.1) is 0 Å². The molecule has 186 valence electrons. The molecule has 0 aromatic heterocycles. The Balaban J connectivity index is 1.62. The first-order chi connectivity index (χ1) is 17.3. The van der Waals surface area contributed by atoms with Crippen LogP contribution in [0.15, 0.2) is 78.0 Å². The van der Waals surface area contributed by atoms with Gasteiger partial charge in [-0.25, -0.2) is 0 Å². The van der Waals surface area contributed by atoms with Gasteiger partial charge < -0.3 is 20.1 Å². The van der Waals surface area contributed by atoms with E-state index in [9.17, 15) is 18.0 Å². The highest BCUT2D eigenvalue weighted by Crippen LogP contribution is 2.47. The Morgan fingerprint density at radius 2 is 1.56 bits per heavy atom. The third-order valence-corrected chi connectivity index (χ3v) is 6.77. The van der Waals surface area contributed by atoms with E-state index in [4.69, 9.17) is 9.47 Å². The molecule has 2 atom stereocenters. The number of benzene rings is 3. The molecule has 5 nitrogen and oxygen atoms in total. The van der Waals surface area contributed by atoms with Crippen molar-refractivity contribution in [3.8, 4) is 11.5 Å². The second-order valence-electron chi connectivity index (χ2n) is 8.87. The Bertz CT molecular complexity index is 1350. The maximum Gasteiger partial charge on any atom is 0.416 e. The van der Waals surface area contributed by atoms with E-state index in [2.05, 4.69) is 10.6 Å². The van der Waals surface area contributed by atoms with Crippen LogP contribution in [-0.2, 0) is 11.0 Å². The van der Waals surface area contributed by atoms with Gasteiger partial charge in [0.2, 0.25) is 0 Å². The zero-order valence-corrected chi connectivity index (χ0v) is 19.8. The Hall–Kier alpha value is -3.94. The standard InChI is InChI=1S/C28H25F3N2O3/c1-35-24-12-11-16(15-25(24)36-2)17-13-22-26(23(34)14-17)27(33-21-10-6-5-9-20(21)32-22)18-7-3-4-8-19(18)28(29,30)31/h3-12,15,17,27,32-33H,13-14H2,1-2H3/t17-,27-/m0/s1. The van der Waals surface area contributed by atoms with E-state index in [-0.39, 0.29) is 23.7 Å². The average molecular weight is 495 g/mol. The fourth-order valence-electron chi connectivity index (χ4n) is 5.07. The number of methoxy groups -OCH3 is 2. The number of anilines is 2. The van der Waals surface area contributed by atoms with Crippen molar-refractivity contribution in [1.82, 2.24) is 0 Å². The normalized spacial score (nSPS) is 19.4. The second kappa shape index (κ2) is 9.26. The van der Waals surface area contributed by atoms with E-state index in [1.807, 2.05) is 24.3 Å². The van der Waals surface area contributed by atoms with Crippen molar-refractivity contribution in [1.29, 1.82) is 0 Å². The molecule has 1 heterocycles. The van der Waals surface area contributed by atoms with E-state index in [0.29, 0.717) is 40.6 Å². The molecular formula is C28H25F3N2O3. The van der Waals surface area contributed by atoms with E-state index < -0.39 is 17.8 Å². The highest BCUT2D eigenvalue weighted by molar-refractivity contribution is 6.01. The van der Waals surface area contributed by atoms with Gasteiger partial charge in [-0.2, -0.15) is 13.2 Å². The number of fused-ring (bicyclic) bond motifs is 1. The molecular weight excluding hydrogens is 469 g/mol. The van der Waals surface area contributed by atoms with Gasteiger partial charge in [-0.1, -0.05) is 36.4 Å². The molecule has 0 unspecified atom stereocenters. The summed E-state index contributed by atoms with van der Waals surface area (Å²) in [5, 5.41) is 6.59. The van der Waals surface area contributed by atoms with Gasteiger partial charge in [-0.05, 0) is 53.8 Å². The summed E-state index contributed by atoms with van der Waals surface area (Å²) in [6.07, 6.45) is -3.94. The molecule has 2 N–H and O–H groups in total. The van der Waals surface area contributed by atoms with Crippen LogP contribution in [0.25, 0.3) is 0 Å². The highest BCUT2D eigenvalue weighted by Gasteiger charge is 2.41. The number of alkyl halides is 3. The van der Waals surface area contributed by atoms with Crippen molar-refractivity contribution < 1.29 is 27.4 Å². The molecule has 0 bridgehead atoms. The molecule has 1 aliphatic heterocycles. The highest BCUT2D eigenvalue weighted by atomic mass is 19.4. The first-order valence-corrected chi connectivity index (χ1v) is 11.6. The Morgan fingerprint density at radius 1 is 0.861 bits per heavy atom. The van der Waals surface area contributed by atoms with E-state index in [0.717, 1.165) is 11.6 Å². The van der Waals surface area contributed by atoms with Crippen LogP contribution in [0.1, 0.15) is 41.5 Å². The van der Waals surface area contributed by atoms with Crippen molar-refractivity contribution >= 4 is 17.2 Å². The first kappa shape index (κ1) is 23.8. The summed E-state index contributed by atoms with van der Waals surface area (Å²) in [6, 6.07) is 17.3. The fourth-order valence-corrected chi connectivity index (χ4v) is 5.07. The number of carbonyl (C=O) groups is 1. The summed E-state index contributed by atoms with van der Waals surface area (Å²) in [6.45, 7) is 0. The number of ketones is 1. The number of allylic oxidation sites excluding steroid dienone is 1. The number of carbonyl (C=O) groups excluding carboxylic acids is 1. The molecule has 5 rings (SSSR count). The molecule has 3 aromatic rings. The minimum absolute atomic E-state index is 0.0221. The lowest BCUT2D eigenvalue weighted by Crippen LogP contribution is -2.28. The molecule has 1 aliphatic carbocycles. The number of Topliss-reactive ketones (excluding diaryl/α,β-unsaturated/α-hetero) is 1. The predicted octanol–water partition coefficient (Wildman–Crippen LogP) is 6.70.